The molecule has 2 aromatic rings. The molecular formula is C15H17N3O4S2. The first-order valence-corrected chi connectivity index (χ1v) is 9.07. The fraction of sp³-hybridized carbons (Fsp3) is 0.333. The molecule has 0 aromatic carbocycles. The number of aliphatic carboxylic acids is 1. The lowest BCUT2D eigenvalue weighted by atomic mass is 10.1. The van der Waals surface area contributed by atoms with Crippen LogP contribution in [0.4, 0.5) is 5.13 Å². The molecule has 0 aliphatic rings. The van der Waals surface area contributed by atoms with Gasteiger partial charge in [-0.1, -0.05) is 19.4 Å². The average molecular weight is 367 g/mol. The zero-order valence-electron chi connectivity index (χ0n) is 12.9. The highest BCUT2D eigenvalue weighted by molar-refractivity contribution is 7.14. The molecule has 7 nitrogen and oxygen atoms in total. The molecule has 24 heavy (non-hydrogen) atoms. The van der Waals surface area contributed by atoms with E-state index >= 15 is 0 Å². The quantitative estimate of drug-likeness (QED) is 0.664. The summed E-state index contributed by atoms with van der Waals surface area (Å²) in [6, 6.07) is 2.60. The zero-order valence-corrected chi connectivity index (χ0v) is 14.6. The van der Waals surface area contributed by atoms with Crippen LogP contribution in [-0.2, 0) is 16.0 Å². The van der Waals surface area contributed by atoms with Gasteiger partial charge in [0.25, 0.3) is 5.91 Å². The van der Waals surface area contributed by atoms with Gasteiger partial charge in [-0.15, -0.1) is 22.7 Å². The highest BCUT2D eigenvalue weighted by atomic mass is 32.1. The van der Waals surface area contributed by atoms with E-state index in [1.165, 1.54) is 22.7 Å². The summed E-state index contributed by atoms with van der Waals surface area (Å²) in [5.41, 5.74) is 0.486. The molecule has 128 valence electrons. The van der Waals surface area contributed by atoms with Crippen LogP contribution in [0.25, 0.3) is 0 Å². The number of amides is 2. The fourth-order valence-electron chi connectivity index (χ4n) is 1.97. The van der Waals surface area contributed by atoms with Crippen LogP contribution in [0, 0.1) is 0 Å². The number of thiophene rings is 1. The zero-order chi connectivity index (χ0) is 17.5. The van der Waals surface area contributed by atoms with Crippen molar-refractivity contribution in [3.63, 3.8) is 0 Å². The van der Waals surface area contributed by atoms with Crippen molar-refractivity contribution in [2.45, 2.75) is 32.2 Å². The summed E-state index contributed by atoms with van der Waals surface area (Å²) in [6.07, 6.45) is 1.01. The molecule has 0 aliphatic carbocycles. The van der Waals surface area contributed by atoms with Gasteiger partial charge < -0.3 is 10.4 Å². The maximum Gasteiger partial charge on any atom is 0.326 e. The van der Waals surface area contributed by atoms with Crippen LogP contribution in [0.3, 0.4) is 0 Å². The van der Waals surface area contributed by atoms with Crippen LogP contribution in [-0.4, -0.2) is 33.9 Å². The number of carbonyl (C=O) groups excluding carboxylic acids is 2. The number of anilines is 1. The predicted octanol–water partition coefficient (Wildman–Crippen LogP) is 2.37. The molecule has 2 heterocycles. The van der Waals surface area contributed by atoms with Crippen LogP contribution >= 0.6 is 22.7 Å². The van der Waals surface area contributed by atoms with E-state index in [2.05, 4.69) is 15.6 Å². The molecule has 0 fully saturated rings. The van der Waals surface area contributed by atoms with Crippen molar-refractivity contribution in [3.8, 4) is 0 Å². The Morgan fingerprint density at radius 2 is 2.12 bits per heavy atom. The summed E-state index contributed by atoms with van der Waals surface area (Å²) in [5, 5.41) is 18.1. The van der Waals surface area contributed by atoms with Gasteiger partial charge in [-0.25, -0.2) is 9.78 Å². The van der Waals surface area contributed by atoms with Crippen molar-refractivity contribution in [3.05, 3.63) is 33.5 Å². The first-order chi connectivity index (χ1) is 11.5. The van der Waals surface area contributed by atoms with Crippen LogP contribution < -0.4 is 10.6 Å². The molecule has 0 bridgehead atoms. The lowest BCUT2D eigenvalue weighted by Gasteiger charge is -2.12. The second kappa shape index (κ2) is 8.55. The van der Waals surface area contributed by atoms with Crippen LogP contribution in [0.2, 0.25) is 0 Å². The number of hydrogen-bond acceptors (Lipinski definition) is 6. The number of nitrogens with one attached hydrogen (secondary N) is 2. The SMILES string of the molecule is CCCC(NC(=O)Cc1csc(NC(=O)c2cccs2)n1)C(=O)O. The maximum atomic E-state index is 11.9. The van der Waals surface area contributed by atoms with Gasteiger partial charge in [0.1, 0.15) is 6.04 Å². The molecule has 1 unspecified atom stereocenters. The highest BCUT2D eigenvalue weighted by Crippen LogP contribution is 2.18. The van der Waals surface area contributed by atoms with Gasteiger partial charge in [0.05, 0.1) is 17.0 Å². The minimum absolute atomic E-state index is 0.0289. The average Bonchev–Trinajstić information content (AvgIpc) is 3.18. The van der Waals surface area contributed by atoms with Crippen LogP contribution in [0.1, 0.15) is 35.1 Å². The Labute approximate surface area is 146 Å². The van der Waals surface area contributed by atoms with Crippen molar-refractivity contribution < 1.29 is 19.5 Å². The topological polar surface area (TPSA) is 108 Å². The maximum absolute atomic E-state index is 11.9. The summed E-state index contributed by atoms with van der Waals surface area (Å²) < 4.78 is 0. The second-order valence-electron chi connectivity index (χ2n) is 5.00. The number of hydrogen-bond donors (Lipinski definition) is 3. The van der Waals surface area contributed by atoms with E-state index in [9.17, 15) is 14.4 Å². The molecule has 3 N–H and O–H groups in total. The third kappa shape index (κ3) is 5.14. The molecule has 0 spiro atoms. The number of carboxylic acid groups (broad SMARTS) is 1. The van der Waals surface area contributed by atoms with Crippen molar-refractivity contribution in [1.82, 2.24) is 10.3 Å². The monoisotopic (exact) mass is 367 g/mol. The Morgan fingerprint density at radius 3 is 2.75 bits per heavy atom. The van der Waals surface area contributed by atoms with Gasteiger partial charge in [-0.05, 0) is 17.9 Å². The number of rotatable bonds is 8. The Morgan fingerprint density at radius 1 is 1.33 bits per heavy atom. The van der Waals surface area contributed by atoms with E-state index in [-0.39, 0.29) is 12.3 Å². The molecule has 0 saturated carbocycles. The molecule has 9 heteroatoms. The van der Waals surface area contributed by atoms with Crippen LogP contribution in [0.5, 0.6) is 0 Å². The van der Waals surface area contributed by atoms with Gasteiger partial charge in [-0.2, -0.15) is 0 Å². The third-order valence-corrected chi connectivity index (χ3v) is 4.74. The highest BCUT2D eigenvalue weighted by Gasteiger charge is 2.19. The van der Waals surface area contributed by atoms with Crippen molar-refractivity contribution in [1.29, 1.82) is 0 Å². The van der Waals surface area contributed by atoms with E-state index in [0.29, 0.717) is 28.5 Å². The van der Waals surface area contributed by atoms with Crippen molar-refractivity contribution in [2.75, 3.05) is 5.32 Å². The minimum Gasteiger partial charge on any atom is -0.480 e. The summed E-state index contributed by atoms with van der Waals surface area (Å²) in [4.78, 5) is 39.6. The predicted molar refractivity (Wildman–Crippen MR) is 92.6 cm³/mol. The number of nitrogens with zero attached hydrogens (tertiary/aromatic N) is 1. The Bertz CT molecular complexity index is 712. The molecule has 1 atom stereocenters. The summed E-state index contributed by atoms with van der Waals surface area (Å²) >= 11 is 2.54. The number of thiazole rings is 1. The van der Waals surface area contributed by atoms with Crippen LogP contribution in [0.15, 0.2) is 22.9 Å². The Balaban J connectivity index is 1.90. The largest absolute Gasteiger partial charge is 0.480 e. The molecule has 0 saturated heterocycles. The summed E-state index contributed by atoms with van der Waals surface area (Å²) in [5.74, 6) is -1.70. The molecule has 2 aromatic heterocycles. The number of aromatic nitrogens is 1. The normalized spacial score (nSPS) is 11.7. The molecule has 0 aliphatic heterocycles. The first kappa shape index (κ1) is 18.1. The third-order valence-electron chi connectivity index (χ3n) is 3.07. The molecular weight excluding hydrogens is 350 g/mol. The summed E-state index contributed by atoms with van der Waals surface area (Å²) in [6.45, 7) is 1.85. The van der Waals surface area contributed by atoms with Gasteiger partial charge in [0.2, 0.25) is 5.91 Å². The van der Waals surface area contributed by atoms with E-state index < -0.39 is 17.9 Å². The fourth-order valence-corrected chi connectivity index (χ4v) is 3.29. The lowest BCUT2D eigenvalue weighted by molar-refractivity contribution is -0.141. The van der Waals surface area contributed by atoms with E-state index in [4.69, 9.17) is 5.11 Å². The summed E-state index contributed by atoms with van der Waals surface area (Å²) in [7, 11) is 0. The lowest BCUT2D eigenvalue weighted by Crippen LogP contribution is -2.41. The van der Waals surface area contributed by atoms with E-state index in [1.807, 2.05) is 12.3 Å². The van der Waals surface area contributed by atoms with Crippen molar-refractivity contribution >= 4 is 45.6 Å². The molecule has 0 radical (unpaired) electrons. The minimum atomic E-state index is -1.05. The Hall–Kier alpha value is -2.26. The number of carboxylic acids is 1. The van der Waals surface area contributed by atoms with E-state index in [0.717, 1.165) is 0 Å². The van der Waals surface area contributed by atoms with Gasteiger partial charge in [0, 0.05) is 5.38 Å². The smallest absolute Gasteiger partial charge is 0.326 e. The number of carbonyl (C=O) groups is 3. The Kier molecular flexibility index (Phi) is 6.44. The van der Waals surface area contributed by atoms with Gasteiger partial charge >= 0.3 is 5.97 Å². The van der Waals surface area contributed by atoms with Gasteiger partial charge in [-0.3, -0.25) is 14.9 Å². The first-order valence-electron chi connectivity index (χ1n) is 7.31. The van der Waals surface area contributed by atoms with Gasteiger partial charge in [0.15, 0.2) is 5.13 Å². The standard InChI is InChI=1S/C15H17N3O4S2/c1-2-4-10(14(21)22)17-12(19)7-9-8-24-15(16-9)18-13(20)11-5-3-6-23-11/h3,5-6,8,10H,2,4,7H2,1H3,(H,17,19)(H,21,22)(H,16,18,20). The molecule has 2 rings (SSSR count). The molecule has 2 amide bonds. The van der Waals surface area contributed by atoms with Crippen molar-refractivity contribution in [2.24, 2.45) is 0 Å². The van der Waals surface area contributed by atoms with E-state index in [1.54, 1.807) is 17.5 Å². The second-order valence-corrected chi connectivity index (χ2v) is 6.81.